The number of benzene rings is 1. The van der Waals surface area contributed by atoms with Gasteiger partial charge in [-0.2, -0.15) is 0 Å². The van der Waals surface area contributed by atoms with E-state index in [1.807, 2.05) is 13.0 Å². The fourth-order valence-electron chi connectivity index (χ4n) is 2.52. The molecule has 0 saturated carbocycles. The summed E-state index contributed by atoms with van der Waals surface area (Å²) in [4.78, 5) is 2.37. The molecular formula is C20H36N2O4. The van der Waals surface area contributed by atoms with Crippen LogP contribution < -0.4 is 10.6 Å². The molecule has 0 aliphatic carbocycles. The van der Waals surface area contributed by atoms with Crippen molar-refractivity contribution in [2.45, 2.75) is 26.7 Å². The van der Waals surface area contributed by atoms with Gasteiger partial charge >= 0.3 is 0 Å². The minimum absolute atomic E-state index is 0.597. The standard InChI is InChI=1S/C20H36N2O4/c1-4-22(19-7-8-20(21)18(2)17-19)9-5-6-10-24-13-14-26-16-15-25-12-11-23-3/h7-8,17H,4-6,9-16,21H2,1-3H3. The van der Waals surface area contributed by atoms with E-state index in [4.69, 9.17) is 24.7 Å². The van der Waals surface area contributed by atoms with Gasteiger partial charge in [0.15, 0.2) is 0 Å². The maximum absolute atomic E-state index is 5.90. The van der Waals surface area contributed by atoms with Crippen molar-refractivity contribution in [1.29, 1.82) is 0 Å². The first-order chi connectivity index (χ1) is 12.7. The molecule has 0 aliphatic rings. The molecule has 0 unspecified atom stereocenters. The van der Waals surface area contributed by atoms with Crippen LogP contribution in [0.25, 0.3) is 0 Å². The zero-order valence-electron chi connectivity index (χ0n) is 16.7. The number of methoxy groups -OCH3 is 1. The predicted molar refractivity (Wildman–Crippen MR) is 107 cm³/mol. The second-order valence-electron chi connectivity index (χ2n) is 6.16. The highest BCUT2D eigenvalue weighted by Crippen LogP contribution is 2.20. The molecule has 0 aromatic heterocycles. The maximum atomic E-state index is 5.90. The molecular weight excluding hydrogens is 332 g/mol. The van der Waals surface area contributed by atoms with Crippen LogP contribution in [0, 0.1) is 6.92 Å². The number of hydrogen-bond acceptors (Lipinski definition) is 6. The summed E-state index contributed by atoms with van der Waals surface area (Å²) in [6.45, 7) is 10.7. The molecule has 1 aromatic rings. The molecule has 6 nitrogen and oxygen atoms in total. The molecule has 1 rings (SSSR count). The average molecular weight is 369 g/mol. The zero-order valence-corrected chi connectivity index (χ0v) is 16.7. The lowest BCUT2D eigenvalue weighted by atomic mass is 10.1. The Bertz CT molecular complexity index is 471. The summed E-state index contributed by atoms with van der Waals surface area (Å²) in [7, 11) is 1.66. The number of nitrogen functional groups attached to an aromatic ring is 1. The SMILES string of the molecule is CCN(CCCCOCCOCCOCCOC)c1ccc(N)c(C)c1. The summed E-state index contributed by atoms with van der Waals surface area (Å²) in [5.41, 5.74) is 9.12. The number of rotatable bonds is 16. The van der Waals surface area contributed by atoms with E-state index in [-0.39, 0.29) is 0 Å². The van der Waals surface area contributed by atoms with Gasteiger partial charge in [-0.15, -0.1) is 0 Å². The highest BCUT2D eigenvalue weighted by atomic mass is 16.6. The minimum Gasteiger partial charge on any atom is -0.399 e. The van der Waals surface area contributed by atoms with Crippen molar-refractivity contribution < 1.29 is 18.9 Å². The molecule has 0 heterocycles. The summed E-state index contributed by atoms with van der Waals surface area (Å²) in [6, 6.07) is 6.24. The number of nitrogens with zero attached hydrogens (tertiary/aromatic N) is 1. The Morgan fingerprint density at radius 3 is 2.08 bits per heavy atom. The summed E-state index contributed by atoms with van der Waals surface area (Å²) in [5, 5.41) is 0. The average Bonchev–Trinajstić information content (AvgIpc) is 2.64. The van der Waals surface area contributed by atoms with Crippen LogP contribution in [0.15, 0.2) is 18.2 Å². The molecule has 0 aliphatic heterocycles. The van der Waals surface area contributed by atoms with Crippen LogP contribution >= 0.6 is 0 Å². The van der Waals surface area contributed by atoms with Gasteiger partial charge in [0, 0.05) is 38.2 Å². The Morgan fingerprint density at radius 1 is 0.885 bits per heavy atom. The fourth-order valence-corrected chi connectivity index (χ4v) is 2.52. The van der Waals surface area contributed by atoms with Crippen molar-refractivity contribution >= 4 is 11.4 Å². The summed E-state index contributed by atoms with van der Waals surface area (Å²) >= 11 is 0. The van der Waals surface area contributed by atoms with Crippen molar-refractivity contribution in [3.05, 3.63) is 23.8 Å². The Morgan fingerprint density at radius 2 is 1.50 bits per heavy atom. The third kappa shape index (κ3) is 9.97. The molecule has 6 heteroatoms. The first-order valence-electron chi connectivity index (χ1n) is 9.52. The maximum Gasteiger partial charge on any atom is 0.0701 e. The van der Waals surface area contributed by atoms with E-state index in [1.165, 1.54) is 5.69 Å². The number of unbranched alkanes of at least 4 members (excludes halogenated alkanes) is 1. The van der Waals surface area contributed by atoms with Crippen LogP contribution in [0.4, 0.5) is 11.4 Å². The van der Waals surface area contributed by atoms with E-state index < -0.39 is 0 Å². The van der Waals surface area contributed by atoms with Gasteiger partial charge in [-0.3, -0.25) is 0 Å². The Balaban J connectivity index is 1.99. The summed E-state index contributed by atoms with van der Waals surface area (Å²) in [5.74, 6) is 0. The lowest BCUT2D eigenvalue weighted by Gasteiger charge is -2.24. The van der Waals surface area contributed by atoms with Crippen molar-refractivity contribution in [3.63, 3.8) is 0 Å². The molecule has 26 heavy (non-hydrogen) atoms. The number of hydrogen-bond donors (Lipinski definition) is 1. The Kier molecular flexibility index (Phi) is 12.9. The van der Waals surface area contributed by atoms with E-state index in [0.717, 1.165) is 43.8 Å². The van der Waals surface area contributed by atoms with Crippen LogP contribution in [0.3, 0.4) is 0 Å². The first-order valence-corrected chi connectivity index (χ1v) is 9.52. The van der Waals surface area contributed by atoms with Crippen LogP contribution in [0.1, 0.15) is 25.3 Å². The topological polar surface area (TPSA) is 66.2 Å². The fraction of sp³-hybridized carbons (Fsp3) is 0.700. The van der Waals surface area contributed by atoms with Crippen molar-refractivity contribution in [3.8, 4) is 0 Å². The minimum atomic E-state index is 0.597. The molecule has 0 fully saturated rings. The molecule has 0 amide bonds. The monoisotopic (exact) mass is 368 g/mol. The van der Waals surface area contributed by atoms with E-state index in [0.29, 0.717) is 39.6 Å². The Labute approximate surface area is 158 Å². The van der Waals surface area contributed by atoms with Gasteiger partial charge in [0.2, 0.25) is 0 Å². The summed E-state index contributed by atoms with van der Waals surface area (Å²) in [6.07, 6.45) is 2.15. The van der Waals surface area contributed by atoms with Crippen molar-refractivity contribution in [2.75, 3.05) is 77.1 Å². The lowest BCUT2D eigenvalue weighted by molar-refractivity contribution is 0.00332. The second kappa shape index (κ2) is 14.8. The highest BCUT2D eigenvalue weighted by Gasteiger charge is 2.05. The molecule has 0 radical (unpaired) electrons. The largest absolute Gasteiger partial charge is 0.399 e. The molecule has 150 valence electrons. The molecule has 0 bridgehead atoms. The lowest BCUT2D eigenvalue weighted by Crippen LogP contribution is -2.24. The van der Waals surface area contributed by atoms with Crippen molar-refractivity contribution in [1.82, 2.24) is 0 Å². The number of anilines is 2. The van der Waals surface area contributed by atoms with Gasteiger partial charge in [-0.05, 0) is 50.5 Å². The van der Waals surface area contributed by atoms with Gasteiger partial charge in [-0.1, -0.05) is 0 Å². The zero-order chi connectivity index (χ0) is 19.0. The molecule has 0 saturated heterocycles. The van der Waals surface area contributed by atoms with Crippen LogP contribution in [-0.4, -0.2) is 66.4 Å². The highest BCUT2D eigenvalue weighted by molar-refractivity contribution is 5.57. The van der Waals surface area contributed by atoms with E-state index in [2.05, 4.69) is 24.0 Å². The van der Waals surface area contributed by atoms with E-state index in [1.54, 1.807) is 7.11 Å². The van der Waals surface area contributed by atoms with Gasteiger partial charge in [-0.25, -0.2) is 0 Å². The van der Waals surface area contributed by atoms with Crippen LogP contribution in [0.5, 0.6) is 0 Å². The predicted octanol–water partition coefficient (Wildman–Crippen LogP) is 2.88. The third-order valence-electron chi connectivity index (χ3n) is 4.14. The summed E-state index contributed by atoms with van der Waals surface area (Å²) < 4.78 is 21.3. The quantitative estimate of drug-likeness (QED) is 0.357. The normalized spacial score (nSPS) is 11.0. The first kappa shape index (κ1) is 22.7. The van der Waals surface area contributed by atoms with Gasteiger partial charge in [0.1, 0.15) is 0 Å². The van der Waals surface area contributed by atoms with Crippen molar-refractivity contribution in [2.24, 2.45) is 0 Å². The van der Waals surface area contributed by atoms with Gasteiger partial charge in [0.05, 0.1) is 39.6 Å². The molecule has 0 atom stereocenters. The Hall–Kier alpha value is -1.34. The van der Waals surface area contributed by atoms with E-state index in [9.17, 15) is 0 Å². The van der Waals surface area contributed by atoms with Crippen LogP contribution in [0.2, 0.25) is 0 Å². The second-order valence-corrected chi connectivity index (χ2v) is 6.16. The molecule has 2 N–H and O–H groups in total. The smallest absolute Gasteiger partial charge is 0.0701 e. The third-order valence-corrected chi connectivity index (χ3v) is 4.14. The van der Waals surface area contributed by atoms with Crippen LogP contribution in [-0.2, 0) is 18.9 Å². The number of aryl methyl sites for hydroxylation is 1. The van der Waals surface area contributed by atoms with Gasteiger partial charge < -0.3 is 29.6 Å². The molecule has 1 aromatic carbocycles. The van der Waals surface area contributed by atoms with E-state index >= 15 is 0 Å². The van der Waals surface area contributed by atoms with Gasteiger partial charge in [0.25, 0.3) is 0 Å². The molecule has 0 spiro atoms. The number of nitrogens with two attached hydrogens (primary N) is 1. The number of ether oxygens (including phenoxy) is 4.